The number of allylic oxidation sites excluding steroid dienone is 1. The molecule has 0 aromatic heterocycles. The van der Waals surface area contributed by atoms with Crippen LogP contribution in [0.3, 0.4) is 0 Å². The third kappa shape index (κ3) is 7.78. The molecule has 5 nitrogen and oxygen atoms in total. The summed E-state index contributed by atoms with van der Waals surface area (Å²) >= 11 is -1.84. The number of alkyl halides is 6. The number of nitrogens with one attached hydrogen (secondary N) is 1. The Morgan fingerprint density at radius 2 is 1.68 bits per heavy atom. The third-order valence-corrected chi connectivity index (χ3v) is 9.79. The number of hydrogen-bond acceptors (Lipinski definition) is 3. The lowest BCUT2D eigenvalue weighted by Gasteiger charge is -2.48. The molecule has 0 aliphatic carbocycles. The molecule has 1 N–H and O–H groups in total. The molecule has 3 rings (SSSR count). The van der Waals surface area contributed by atoms with Crippen LogP contribution in [0.4, 0.5) is 35.5 Å². The van der Waals surface area contributed by atoms with Gasteiger partial charge in [-0.05, 0) is 94.5 Å². The maximum Gasteiger partial charge on any atom is 0.442 e. The summed E-state index contributed by atoms with van der Waals surface area (Å²) in [7, 11) is 1.30. The zero-order chi connectivity index (χ0) is 33.4. The van der Waals surface area contributed by atoms with Crippen molar-refractivity contribution in [2.24, 2.45) is 5.92 Å². The Morgan fingerprint density at radius 1 is 1.11 bits per heavy atom. The first-order valence-electron chi connectivity index (χ1n) is 14.1. The van der Waals surface area contributed by atoms with Gasteiger partial charge in [-0.1, -0.05) is 6.08 Å². The van der Waals surface area contributed by atoms with Crippen LogP contribution in [-0.2, 0) is 23.7 Å². The summed E-state index contributed by atoms with van der Waals surface area (Å²) in [6.45, 7) is 12.0. The first-order valence-corrected chi connectivity index (χ1v) is 15.3. The highest BCUT2D eigenvalue weighted by molar-refractivity contribution is 7.90. The second-order valence-corrected chi connectivity index (χ2v) is 14.3. The molecular formula is C31H39F7N3O2S+. The molecule has 0 saturated carbocycles. The van der Waals surface area contributed by atoms with Crippen LogP contribution < -0.4 is 4.83 Å². The van der Waals surface area contributed by atoms with Crippen LogP contribution >= 0.6 is 0 Å². The lowest BCUT2D eigenvalue weighted by Crippen LogP contribution is -2.71. The van der Waals surface area contributed by atoms with Crippen molar-refractivity contribution in [3.8, 4) is 0 Å². The van der Waals surface area contributed by atoms with Gasteiger partial charge in [0, 0.05) is 30.3 Å². The van der Waals surface area contributed by atoms with Gasteiger partial charge in [0.25, 0.3) is 0 Å². The largest absolute Gasteiger partial charge is 0.594 e. The Hall–Kier alpha value is -2.61. The summed E-state index contributed by atoms with van der Waals surface area (Å²) < 4.78 is 108. The quantitative estimate of drug-likeness (QED) is 0.141. The number of carbonyl (C=O) groups is 1. The maximum absolute atomic E-state index is 14.6. The molecule has 244 valence electrons. The highest BCUT2D eigenvalue weighted by Crippen LogP contribution is 2.45. The Morgan fingerprint density at radius 3 is 2.16 bits per heavy atom. The molecule has 1 fully saturated rings. The molecule has 2 aromatic rings. The minimum absolute atomic E-state index is 0.0395. The van der Waals surface area contributed by atoms with E-state index >= 15 is 0 Å². The number of amides is 2. The monoisotopic (exact) mass is 650 g/mol. The summed E-state index contributed by atoms with van der Waals surface area (Å²) in [5.41, 5.74) is -2.20. The standard InChI is InChI=1S/C31H39F7N3O2S/c1-8-9-21-12-13-41(39-44(43)29(4,5)6,27(15-21)26-11-10-25(32)14-19(26)2)28(42)40(7)20(3)22-16-23(30(33,34)35)18-24(17-22)31(36,37)38/h8,10-11,14,16-18,20-21,27,39H,1,9,12-13,15H2,2-7H3/q+1/t20-,21+,27-,41?,44?/m1/s1. The molecule has 44 heavy (non-hydrogen) atoms. The fourth-order valence-electron chi connectivity index (χ4n) is 5.54. The van der Waals surface area contributed by atoms with E-state index in [1.54, 1.807) is 39.8 Å². The van der Waals surface area contributed by atoms with Crippen LogP contribution in [0.1, 0.15) is 86.9 Å². The number of carbonyl (C=O) groups excluding carboxylic acids is 1. The topological polar surface area (TPSA) is 55.4 Å². The van der Waals surface area contributed by atoms with Crippen molar-refractivity contribution < 1.29 is 44.7 Å². The Kier molecular flexibility index (Phi) is 10.6. The van der Waals surface area contributed by atoms with Gasteiger partial charge in [0.15, 0.2) is 0 Å². The van der Waals surface area contributed by atoms with Gasteiger partial charge in [-0.15, -0.1) is 11.2 Å². The number of benzene rings is 2. The summed E-state index contributed by atoms with van der Waals surface area (Å²) in [6, 6.07) is 2.72. The molecular weight excluding hydrogens is 611 g/mol. The van der Waals surface area contributed by atoms with Gasteiger partial charge >= 0.3 is 18.4 Å². The van der Waals surface area contributed by atoms with Crippen molar-refractivity contribution in [1.29, 1.82) is 0 Å². The van der Waals surface area contributed by atoms with Gasteiger partial charge in [0.1, 0.15) is 23.2 Å². The van der Waals surface area contributed by atoms with Crippen LogP contribution in [0.15, 0.2) is 49.1 Å². The normalized spacial score (nSPS) is 22.8. The fourth-order valence-corrected chi connectivity index (χ4v) is 6.40. The molecule has 5 atom stereocenters. The van der Waals surface area contributed by atoms with Crippen molar-refractivity contribution >= 4 is 17.4 Å². The summed E-state index contributed by atoms with van der Waals surface area (Å²) in [6.07, 6.45) is -6.88. The molecule has 2 amide bonds. The van der Waals surface area contributed by atoms with Gasteiger partial charge in [-0.3, -0.25) is 4.90 Å². The minimum atomic E-state index is -5.06. The summed E-state index contributed by atoms with van der Waals surface area (Å²) in [5, 5.41) is 0. The van der Waals surface area contributed by atoms with E-state index in [9.17, 15) is 40.1 Å². The van der Waals surface area contributed by atoms with Crippen molar-refractivity contribution in [2.45, 2.75) is 83.1 Å². The Labute approximate surface area is 257 Å². The number of nitrogens with zero attached hydrogens (tertiary/aromatic N) is 2. The van der Waals surface area contributed by atoms with Crippen LogP contribution in [0.2, 0.25) is 0 Å². The van der Waals surface area contributed by atoms with Crippen molar-refractivity contribution in [2.75, 3.05) is 13.6 Å². The average Bonchev–Trinajstić information content (AvgIpc) is 2.91. The number of piperidine rings is 1. The third-order valence-electron chi connectivity index (χ3n) is 8.19. The second kappa shape index (κ2) is 13.0. The zero-order valence-corrected chi connectivity index (χ0v) is 26.4. The molecule has 2 unspecified atom stereocenters. The van der Waals surface area contributed by atoms with E-state index in [1.807, 2.05) is 0 Å². The minimum Gasteiger partial charge on any atom is -0.594 e. The van der Waals surface area contributed by atoms with E-state index < -0.39 is 68.1 Å². The average molecular weight is 651 g/mol. The zero-order valence-electron chi connectivity index (χ0n) is 25.6. The highest BCUT2D eigenvalue weighted by atomic mass is 32.2. The van der Waals surface area contributed by atoms with E-state index in [-0.39, 0.29) is 24.1 Å². The van der Waals surface area contributed by atoms with E-state index in [2.05, 4.69) is 11.4 Å². The van der Waals surface area contributed by atoms with E-state index in [1.165, 1.54) is 26.1 Å². The molecule has 13 heteroatoms. The molecule has 0 radical (unpaired) electrons. The summed E-state index contributed by atoms with van der Waals surface area (Å²) in [5.74, 6) is -0.428. The number of quaternary nitrogens is 1. The van der Waals surface area contributed by atoms with Crippen molar-refractivity contribution in [1.82, 2.24) is 9.73 Å². The van der Waals surface area contributed by atoms with Crippen molar-refractivity contribution in [3.63, 3.8) is 0 Å². The predicted molar refractivity (Wildman–Crippen MR) is 156 cm³/mol. The Balaban J connectivity index is 2.20. The number of halogens is 7. The summed E-state index contributed by atoms with van der Waals surface area (Å²) in [4.78, 5) is 18.8. The smallest absolute Gasteiger partial charge is 0.442 e. The lowest BCUT2D eigenvalue weighted by atomic mass is 9.83. The molecule has 1 saturated heterocycles. The van der Waals surface area contributed by atoms with Gasteiger partial charge in [0.05, 0.1) is 28.5 Å². The highest BCUT2D eigenvalue weighted by Gasteiger charge is 2.56. The molecule has 1 aliphatic rings. The van der Waals surface area contributed by atoms with E-state index in [0.29, 0.717) is 42.5 Å². The van der Waals surface area contributed by atoms with E-state index in [4.69, 9.17) is 0 Å². The fraction of sp³-hybridized carbons (Fsp3) is 0.516. The first kappa shape index (κ1) is 35.9. The number of aryl methyl sites for hydroxylation is 1. The van der Waals surface area contributed by atoms with Crippen LogP contribution in [0, 0.1) is 18.7 Å². The van der Waals surface area contributed by atoms with Crippen LogP contribution in [-0.4, -0.2) is 38.4 Å². The van der Waals surface area contributed by atoms with Crippen LogP contribution in [0.25, 0.3) is 0 Å². The predicted octanol–water partition coefficient (Wildman–Crippen LogP) is 8.80. The number of rotatable bonds is 7. The van der Waals surface area contributed by atoms with Crippen molar-refractivity contribution in [3.05, 3.63) is 82.7 Å². The van der Waals surface area contributed by atoms with Crippen LogP contribution in [0.5, 0.6) is 0 Å². The SMILES string of the molecule is C=CC[C@H]1CC[N+](N[S+]([O-])C(C)(C)C)(C(=O)N(C)[C@H](C)c2cc(C(F)(F)F)cc(C(F)(F)F)c2)[C@@H](c2ccc(F)cc2C)C1. The van der Waals surface area contributed by atoms with Gasteiger partial charge in [-0.2, -0.15) is 26.3 Å². The Bertz CT molecular complexity index is 1330. The van der Waals surface area contributed by atoms with E-state index in [0.717, 1.165) is 4.90 Å². The lowest BCUT2D eigenvalue weighted by molar-refractivity contribution is -0.920. The number of likely N-dealkylation sites (tertiary alicyclic amines) is 1. The second-order valence-electron chi connectivity index (χ2n) is 12.4. The molecule has 1 aliphatic heterocycles. The van der Waals surface area contributed by atoms with Gasteiger partial charge in [-0.25, -0.2) is 9.18 Å². The van der Waals surface area contributed by atoms with Gasteiger partial charge < -0.3 is 4.55 Å². The molecule has 1 heterocycles. The van der Waals surface area contributed by atoms with Gasteiger partial charge in [0.2, 0.25) is 0 Å². The number of urea groups is 1. The molecule has 2 aromatic carbocycles. The maximum atomic E-state index is 14.6. The molecule has 0 spiro atoms. The number of hydrogen-bond donors (Lipinski definition) is 1. The molecule has 0 bridgehead atoms. The first-order chi connectivity index (χ1) is 20.1.